The summed E-state index contributed by atoms with van der Waals surface area (Å²) >= 11 is 0. The van der Waals surface area contributed by atoms with Crippen LogP contribution in [0.3, 0.4) is 0 Å². The molecule has 0 bridgehead atoms. The van der Waals surface area contributed by atoms with Crippen LogP contribution in [0.5, 0.6) is 0 Å². The Morgan fingerprint density at radius 2 is 1.64 bits per heavy atom. The molecule has 0 spiro atoms. The number of rotatable bonds is 5. The smallest absolute Gasteiger partial charge is 0.240 e. The highest BCUT2D eigenvalue weighted by Gasteiger charge is 2.48. The number of imide groups is 1. The van der Waals surface area contributed by atoms with Crippen molar-refractivity contribution in [2.45, 2.75) is 45.6 Å². The molecule has 1 saturated carbocycles. The van der Waals surface area contributed by atoms with Gasteiger partial charge < -0.3 is 5.32 Å². The van der Waals surface area contributed by atoms with E-state index in [1.54, 1.807) is 0 Å². The van der Waals surface area contributed by atoms with Crippen LogP contribution in [-0.4, -0.2) is 29.2 Å². The Morgan fingerprint density at radius 3 is 2.16 bits per heavy atom. The maximum atomic E-state index is 12.5. The lowest BCUT2D eigenvalue weighted by atomic mass is 9.81. The molecule has 0 aromatic heterocycles. The van der Waals surface area contributed by atoms with E-state index in [1.165, 1.54) is 4.90 Å². The molecule has 134 valence electrons. The zero-order chi connectivity index (χ0) is 18.0. The molecule has 1 aromatic carbocycles. The van der Waals surface area contributed by atoms with E-state index in [1.807, 2.05) is 44.2 Å². The fraction of sp³-hybridized carbons (Fsp3) is 0.550. The normalized spacial score (nSPS) is 24.4. The number of fused-ring (bicyclic) bond motifs is 1. The van der Waals surface area contributed by atoms with E-state index in [9.17, 15) is 14.4 Å². The fourth-order valence-electron chi connectivity index (χ4n) is 4.04. The Balaban J connectivity index is 1.67. The quantitative estimate of drug-likeness (QED) is 0.837. The average Bonchev–Trinajstić information content (AvgIpc) is 2.85. The first-order valence-electron chi connectivity index (χ1n) is 9.18. The molecule has 5 heteroatoms. The van der Waals surface area contributed by atoms with E-state index < -0.39 is 0 Å². The van der Waals surface area contributed by atoms with Gasteiger partial charge in [-0.25, -0.2) is 0 Å². The van der Waals surface area contributed by atoms with Crippen LogP contribution in [0.15, 0.2) is 30.3 Å². The highest BCUT2D eigenvalue weighted by atomic mass is 16.2. The van der Waals surface area contributed by atoms with Gasteiger partial charge in [-0.05, 0) is 24.3 Å². The van der Waals surface area contributed by atoms with E-state index >= 15 is 0 Å². The topological polar surface area (TPSA) is 66.5 Å². The second-order valence-corrected chi connectivity index (χ2v) is 7.46. The lowest BCUT2D eigenvalue weighted by molar-refractivity contribution is -0.143. The van der Waals surface area contributed by atoms with Crippen LogP contribution < -0.4 is 5.32 Å². The molecule has 3 atom stereocenters. The van der Waals surface area contributed by atoms with Gasteiger partial charge >= 0.3 is 0 Å². The van der Waals surface area contributed by atoms with Crippen molar-refractivity contribution in [2.24, 2.45) is 17.8 Å². The summed E-state index contributed by atoms with van der Waals surface area (Å²) in [6, 6.07) is 9.64. The second kappa shape index (κ2) is 7.38. The van der Waals surface area contributed by atoms with E-state index in [0.717, 1.165) is 31.2 Å². The van der Waals surface area contributed by atoms with Gasteiger partial charge in [0.05, 0.1) is 17.9 Å². The Morgan fingerprint density at radius 1 is 1.08 bits per heavy atom. The Kier molecular flexibility index (Phi) is 5.21. The summed E-state index contributed by atoms with van der Waals surface area (Å²) in [4.78, 5) is 38.7. The molecule has 3 rings (SSSR count). The Hall–Kier alpha value is -2.17. The SMILES string of the molecule is CC(C)[C@@H](NC(=O)CN1C(=O)[C@H]2CCCC[C@H]2C1=O)c1ccccc1. The molecule has 3 amide bonds. The number of hydrogen-bond acceptors (Lipinski definition) is 3. The predicted octanol–water partition coefficient (Wildman–Crippen LogP) is 2.68. The Bertz CT molecular complexity index is 632. The first kappa shape index (κ1) is 17.6. The summed E-state index contributed by atoms with van der Waals surface area (Å²) < 4.78 is 0. The van der Waals surface area contributed by atoms with Gasteiger partial charge in [0.1, 0.15) is 6.54 Å². The summed E-state index contributed by atoms with van der Waals surface area (Å²) in [5.41, 5.74) is 1.03. The Labute approximate surface area is 148 Å². The zero-order valence-electron chi connectivity index (χ0n) is 14.9. The number of amides is 3. The largest absolute Gasteiger partial charge is 0.347 e. The van der Waals surface area contributed by atoms with Crippen LogP contribution in [0.25, 0.3) is 0 Å². The maximum Gasteiger partial charge on any atom is 0.240 e. The van der Waals surface area contributed by atoms with Crippen molar-refractivity contribution in [1.82, 2.24) is 10.2 Å². The number of benzene rings is 1. The molecule has 5 nitrogen and oxygen atoms in total. The highest BCUT2D eigenvalue weighted by Crippen LogP contribution is 2.37. The van der Waals surface area contributed by atoms with E-state index in [0.29, 0.717) is 0 Å². The number of hydrogen-bond donors (Lipinski definition) is 1. The first-order chi connectivity index (χ1) is 12.0. The van der Waals surface area contributed by atoms with Crippen LogP contribution in [-0.2, 0) is 14.4 Å². The number of likely N-dealkylation sites (tertiary alicyclic amines) is 1. The molecule has 1 aliphatic heterocycles. The van der Waals surface area contributed by atoms with Crippen molar-refractivity contribution in [2.75, 3.05) is 6.54 Å². The number of carbonyl (C=O) groups is 3. The fourth-order valence-corrected chi connectivity index (χ4v) is 4.04. The molecule has 1 aromatic rings. The van der Waals surface area contributed by atoms with Crippen molar-refractivity contribution in [3.05, 3.63) is 35.9 Å². The molecule has 0 unspecified atom stereocenters. The molecule has 1 saturated heterocycles. The summed E-state index contributed by atoms with van der Waals surface area (Å²) in [6.45, 7) is 3.91. The maximum absolute atomic E-state index is 12.5. The van der Waals surface area contributed by atoms with Crippen molar-refractivity contribution in [1.29, 1.82) is 0 Å². The molecule has 0 radical (unpaired) electrons. The van der Waals surface area contributed by atoms with Crippen molar-refractivity contribution < 1.29 is 14.4 Å². The van der Waals surface area contributed by atoms with Gasteiger partial charge in [0.2, 0.25) is 17.7 Å². The monoisotopic (exact) mass is 342 g/mol. The molecular formula is C20H26N2O3. The molecule has 1 N–H and O–H groups in total. The number of carbonyl (C=O) groups excluding carboxylic acids is 3. The summed E-state index contributed by atoms with van der Waals surface area (Å²) in [7, 11) is 0. The first-order valence-corrected chi connectivity index (χ1v) is 9.18. The molecular weight excluding hydrogens is 316 g/mol. The van der Waals surface area contributed by atoms with Gasteiger partial charge in [0.15, 0.2) is 0 Å². The van der Waals surface area contributed by atoms with Gasteiger partial charge in [-0.2, -0.15) is 0 Å². The second-order valence-electron chi connectivity index (χ2n) is 7.46. The number of nitrogens with one attached hydrogen (secondary N) is 1. The van der Waals surface area contributed by atoms with Gasteiger partial charge in [-0.15, -0.1) is 0 Å². The lowest BCUT2D eigenvalue weighted by Gasteiger charge is -2.24. The van der Waals surface area contributed by atoms with Gasteiger partial charge in [0.25, 0.3) is 0 Å². The minimum atomic E-state index is -0.275. The minimum Gasteiger partial charge on any atom is -0.347 e. The third kappa shape index (κ3) is 3.60. The predicted molar refractivity (Wildman–Crippen MR) is 94.3 cm³/mol. The summed E-state index contributed by atoms with van der Waals surface area (Å²) in [5, 5.41) is 3.00. The van der Waals surface area contributed by atoms with Gasteiger partial charge in [0, 0.05) is 0 Å². The van der Waals surface area contributed by atoms with Crippen LogP contribution in [0.2, 0.25) is 0 Å². The number of nitrogens with zero attached hydrogens (tertiary/aromatic N) is 1. The standard InChI is InChI=1S/C20H26N2O3/c1-13(2)18(14-8-4-3-5-9-14)21-17(23)12-22-19(24)15-10-6-7-11-16(15)20(22)25/h3-5,8-9,13,15-16,18H,6-7,10-12H2,1-2H3,(H,21,23)/t15-,16+,18-/m1/s1. The summed E-state index contributed by atoms with van der Waals surface area (Å²) in [6.07, 6.45) is 3.52. The van der Waals surface area contributed by atoms with Gasteiger partial charge in [-0.3, -0.25) is 19.3 Å². The zero-order valence-corrected chi connectivity index (χ0v) is 14.9. The van der Waals surface area contributed by atoms with Crippen molar-refractivity contribution >= 4 is 17.7 Å². The van der Waals surface area contributed by atoms with Crippen LogP contribution >= 0.6 is 0 Å². The highest BCUT2D eigenvalue weighted by molar-refractivity contribution is 6.07. The minimum absolute atomic E-state index is 0.135. The van der Waals surface area contributed by atoms with Crippen molar-refractivity contribution in [3.8, 4) is 0 Å². The third-order valence-corrected chi connectivity index (χ3v) is 5.38. The molecule has 1 heterocycles. The molecule has 2 fully saturated rings. The van der Waals surface area contributed by atoms with Crippen LogP contribution in [0.1, 0.15) is 51.1 Å². The van der Waals surface area contributed by atoms with Gasteiger partial charge in [-0.1, -0.05) is 57.0 Å². The van der Waals surface area contributed by atoms with Crippen LogP contribution in [0, 0.1) is 17.8 Å². The van der Waals surface area contributed by atoms with E-state index in [2.05, 4.69) is 5.32 Å². The third-order valence-electron chi connectivity index (χ3n) is 5.38. The van der Waals surface area contributed by atoms with Crippen LogP contribution in [0.4, 0.5) is 0 Å². The molecule has 25 heavy (non-hydrogen) atoms. The summed E-state index contributed by atoms with van der Waals surface area (Å²) in [5.74, 6) is -0.800. The average molecular weight is 342 g/mol. The van der Waals surface area contributed by atoms with Crippen molar-refractivity contribution in [3.63, 3.8) is 0 Å². The molecule has 1 aliphatic carbocycles. The lowest BCUT2D eigenvalue weighted by Crippen LogP contribution is -2.43. The van der Waals surface area contributed by atoms with E-state index in [-0.39, 0.29) is 48.1 Å². The van der Waals surface area contributed by atoms with E-state index in [4.69, 9.17) is 0 Å². The molecule has 2 aliphatic rings.